The Bertz CT molecular complexity index is 1090. The number of ether oxygens (including phenoxy) is 1. The minimum atomic E-state index is -0.271. The predicted octanol–water partition coefficient (Wildman–Crippen LogP) is 18.0. The van der Waals surface area contributed by atoms with Gasteiger partial charge in [0, 0.05) is 18.8 Å². The maximum atomic E-state index is 11.1. The highest BCUT2D eigenvalue weighted by molar-refractivity contribution is 5.80. The zero-order valence-electron chi connectivity index (χ0n) is 54.9. The van der Waals surface area contributed by atoms with Crippen molar-refractivity contribution in [2.45, 2.75) is 388 Å². The van der Waals surface area contributed by atoms with Crippen molar-refractivity contribution in [1.82, 2.24) is 0 Å². The maximum Gasteiger partial charge on any atom is 0.306 e. The lowest BCUT2D eigenvalue weighted by Gasteiger charge is -2.09. The van der Waals surface area contributed by atoms with Crippen LogP contribution in [0.25, 0.3) is 0 Å². The van der Waals surface area contributed by atoms with E-state index in [-0.39, 0.29) is 68.1 Å². The van der Waals surface area contributed by atoms with E-state index in [1.54, 1.807) is 0 Å². The Morgan fingerprint density at radius 2 is 0.584 bits per heavy atom. The molecule has 77 heavy (non-hydrogen) atoms. The number of Topliss-reactive ketones (excluding diaryl/α,β-unsaturated/α-hetero) is 1. The van der Waals surface area contributed by atoms with Gasteiger partial charge in [-0.1, -0.05) is 203 Å². The summed E-state index contributed by atoms with van der Waals surface area (Å²) in [7, 11) is 0. The van der Waals surface area contributed by atoms with Gasteiger partial charge >= 0.3 is 5.97 Å². The van der Waals surface area contributed by atoms with Gasteiger partial charge < -0.3 is 40.5 Å². The zero-order valence-corrected chi connectivity index (χ0v) is 54.9. The second-order valence-electron chi connectivity index (χ2n) is 24.4. The van der Waals surface area contributed by atoms with Crippen LogP contribution < -0.4 is 0 Å². The van der Waals surface area contributed by atoms with Crippen LogP contribution in [0.3, 0.4) is 0 Å². The van der Waals surface area contributed by atoms with Crippen LogP contribution in [0.1, 0.15) is 339 Å². The van der Waals surface area contributed by atoms with Crippen molar-refractivity contribution in [2.24, 2.45) is 35.5 Å². The summed E-state index contributed by atoms with van der Waals surface area (Å²) >= 11 is 0. The van der Waals surface area contributed by atoms with E-state index in [1.807, 2.05) is 76.2 Å². The molecule has 0 spiro atoms. The lowest BCUT2D eigenvalue weighted by atomic mass is 10.0. The summed E-state index contributed by atoms with van der Waals surface area (Å²) < 4.78 is 4.95. The summed E-state index contributed by atoms with van der Waals surface area (Å²) in [4.78, 5) is 22.2. The largest absolute Gasteiger partial charge is 0.463 e. The van der Waals surface area contributed by atoms with E-state index in [2.05, 4.69) is 69.2 Å². The molecule has 0 rings (SSSR count). The number of carbonyl (C=O) groups is 2. The summed E-state index contributed by atoms with van der Waals surface area (Å²) in [5.41, 5.74) is 0. The van der Waals surface area contributed by atoms with E-state index in [0.29, 0.717) is 37.4 Å². The fraction of sp³-hybridized carbons (Fsp3) is 0.970. The highest BCUT2D eigenvalue weighted by Gasteiger charge is 2.10. The van der Waals surface area contributed by atoms with Crippen LogP contribution in [0.4, 0.5) is 0 Å². The molecule has 474 valence electrons. The number of aliphatic hydroxyl groups is 7. The number of rotatable bonds is 38. The van der Waals surface area contributed by atoms with E-state index >= 15 is 0 Å². The van der Waals surface area contributed by atoms with Crippen molar-refractivity contribution >= 4 is 11.8 Å². The molecule has 10 heteroatoms. The molecule has 0 aromatic heterocycles. The average molecular weight is 1110 g/mol. The van der Waals surface area contributed by atoms with Gasteiger partial charge in [0.25, 0.3) is 0 Å². The van der Waals surface area contributed by atoms with Crippen molar-refractivity contribution < 1.29 is 50.1 Å². The van der Waals surface area contributed by atoms with Crippen LogP contribution in [-0.2, 0) is 14.3 Å². The van der Waals surface area contributed by atoms with Crippen molar-refractivity contribution in [3.8, 4) is 0 Å². The van der Waals surface area contributed by atoms with Gasteiger partial charge in [-0.2, -0.15) is 0 Å². The first kappa shape index (κ1) is 92.3. The van der Waals surface area contributed by atoms with E-state index < -0.39 is 0 Å². The predicted molar refractivity (Wildman–Crippen MR) is 338 cm³/mol. The van der Waals surface area contributed by atoms with Crippen LogP contribution in [0.5, 0.6) is 0 Å². The van der Waals surface area contributed by atoms with Gasteiger partial charge in [-0.05, 0) is 153 Å². The van der Waals surface area contributed by atoms with Crippen molar-refractivity contribution in [1.29, 1.82) is 0 Å². The third kappa shape index (κ3) is 97.4. The molecule has 0 aromatic rings. The average Bonchev–Trinajstić information content (AvgIpc) is 3.35. The lowest BCUT2D eigenvalue weighted by Crippen LogP contribution is -2.12. The second kappa shape index (κ2) is 69.1. The smallest absolute Gasteiger partial charge is 0.306 e. The molecule has 10 nitrogen and oxygen atoms in total. The molecule has 0 heterocycles. The van der Waals surface area contributed by atoms with Gasteiger partial charge in [-0.15, -0.1) is 0 Å². The summed E-state index contributed by atoms with van der Waals surface area (Å²) in [5.74, 6) is 4.08. The normalized spacial score (nSPS) is 13.6. The van der Waals surface area contributed by atoms with Gasteiger partial charge in [0.2, 0.25) is 0 Å². The number of aliphatic hydroxyl groups excluding tert-OH is 7. The highest BCUT2D eigenvalue weighted by atomic mass is 16.5. The third-order valence-corrected chi connectivity index (χ3v) is 13.0. The molecule has 0 fully saturated rings. The Morgan fingerprint density at radius 1 is 0.312 bits per heavy atom. The molecule has 0 aliphatic carbocycles. The van der Waals surface area contributed by atoms with E-state index in [4.69, 9.17) is 14.9 Å². The molecule has 0 aliphatic heterocycles. The fourth-order valence-corrected chi connectivity index (χ4v) is 7.05. The molecule has 0 unspecified atom stereocenters. The topological polar surface area (TPSA) is 185 Å². The van der Waals surface area contributed by atoms with Crippen LogP contribution in [-0.4, -0.2) is 96.3 Å². The molecule has 0 radical (unpaired) electrons. The van der Waals surface area contributed by atoms with Crippen LogP contribution in [0, 0.1) is 35.5 Å². The molecule has 0 bridgehead atoms. The quantitative estimate of drug-likeness (QED) is 0.0232. The highest BCUT2D eigenvalue weighted by Crippen LogP contribution is 2.14. The Hall–Kier alpha value is -1.14. The number of carbonyl (C=O) groups excluding carboxylic acids is 2. The van der Waals surface area contributed by atoms with Crippen molar-refractivity contribution in [3.05, 3.63) is 0 Å². The van der Waals surface area contributed by atoms with E-state index in [9.17, 15) is 35.1 Å². The molecular weight excluding hydrogens is 965 g/mol. The molecule has 7 N–H and O–H groups in total. The van der Waals surface area contributed by atoms with Crippen molar-refractivity contribution in [3.63, 3.8) is 0 Å². The van der Waals surface area contributed by atoms with Gasteiger partial charge in [-0.25, -0.2) is 0 Å². The van der Waals surface area contributed by atoms with Crippen LogP contribution >= 0.6 is 0 Å². The first-order valence-electron chi connectivity index (χ1n) is 31.9. The summed E-state index contributed by atoms with van der Waals surface area (Å²) in [6, 6.07) is 0. The summed E-state index contributed by atoms with van der Waals surface area (Å²) in [6.07, 6.45) is 28.0. The Kier molecular flexibility index (Phi) is 82.9. The van der Waals surface area contributed by atoms with Gasteiger partial charge in [-0.3, -0.25) is 9.59 Å². The van der Waals surface area contributed by atoms with Gasteiger partial charge in [0.05, 0.1) is 48.8 Å². The van der Waals surface area contributed by atoms with Crippen molar-refractivity contribution in [2.75, 3.05) is 0 Å². The number of ketones is 1. The minimum absolute atomic E-state index is 0. The number of esters is 1. The van der Waals surface area contributed by atoms with Crippen LogP contribution in [0.15, 0.2) is 0 Å². The van der Waals surface area contributed by atoms with Gasteiger partial charge in [0.1, 0.15) is 5.78 Å². The van der Waals surface area contributed by atoms with E-state index in [1.165, 1.54) is 64.2 Å². The fourth-order valence-electron chi connectivity index (χ4n) is 7.05. The lowest BCUT2D eigenvalue weighted by molar-refractivity contribution is -0.147. The number of unbranched alkanes of at least 4 members (excludes halogenated alkanes) is 4. The minimum Gasteiger partial charge on any atom is -0.463 e. The Labute approximate surface area is 483 Å². The first-order valence-corrected chi connectivity index (χ1v) is 31.9. The second-order valence-corrected chi connectivity index (χ2v) is 24.4. The molecule has 0 aromatic carbocycles. The molecular formula is C67H146O10. The standard InChI is InChI=1S/C12H26O.C10H20O3.C10H20O2.C10H22O.C9H20O.C8H18O.C7H16O.CH4/c1-4-12(13)10-8-6-5-7-9-11(2)3;1-4-9(11)6-5-7-10(12)13-8(2)3;1-4-9(11)6-5-7-10(12)8(2)3;1-4-10(11)8-6-5-7-9(2)3;1-4-9(10)7-5-6-8(2)3;1-4-8(9)6-5-7(2)3;1-4-7(8)5-6(2)3;/h11-13H,4-10H2,1-3H3;8-9,11H,4-7H2,1-3H3;8-9,11H,4-7H2,1-3H3;9-11H,4-8H2,1-3H3;8-10H,4-7H2,1-3H3;7-9H,4-6H2,1-3H3;6-8H,4-5H2,1-3H3;1H4/t12-;2*9-;10-;9-;8-;7-;/m1111111./s1. The number of hydrogen-bond acceptors (Lipinski definition) is 10. The maximum absolute atomic E-state index is 11.1. The molecule has 0 amide bonds. The van der Waals surface area contributed by atoms with Crippen LogP contribution in [0.2, 0.25) is 0 Å². The monoisotopic (exact) mass is 1110 g/mol. The summed E-state index contributed by atoms with van der Waals surface area (Å²) in [6.45, 7) is 43.6. The Morgan fingerprint density at radius 3 is 0.883 bits per heavy atom. The molecule has 0 saturated heterocycles. The third-order valence-electron chi connectivity index (χ3n) is 13.0. The Balaban J connectivity index is -0.000000121. The molecule has 0 aliphatic rings. The zero-order chi connectivity index (χ0) is 60.5. The SMILES string of the molecule is C.CC[C@@H](O)CC(C)C.CC[C@@H](O)CCC(C)C.CC[C@@H](O)CCCC(=O)C(C)C.CC[C@@H](O)CCCC(=O)OC(C)C.CC[C@@H](O)CCCC(C)C.CC[C@@H](O)CCCCC(C)C.CC[C@@H](O)CCCCCCC(C)C. The molecule has 0 saturated carbocycles. The first-order chi connectivity index (χ1) is 35.5. The summed E-state index contributed by atoms with van der Waals surface area (Å²) in [5, 5.41) is 64.2. The molecule has 7 atom stereocenters. The van der Waals surface area contributed by atoms with E-state index in [0.717, 1.165) is 120 Å². The van der Waals surface area contributed by atoms with Gasteiger partial charge in [0.15, 0.2) is 0 Å². The number of hydrogen-bond donors (Lipinski definition) is 7.